The summed E-state index contributed by atoms with van der Waals surface area (Å²) in [7, 11) is 0. The van der Waals surface area contributed by atoms with Gasteiger partial charge in [0.05, 0.1) is 16.6 Å². The molecule has 116 valence electrons. The Hall–Kier alpha value is -2.76. The van der Waals surface area contributed by atoms with Crippen molar-refractivity contribution in [2.24, 2.45) is 0 Å². The highest BCUT2D eigenvalue weighted by Gasteiger charge is 2.16. The molecule has 0 amide bonds. The van der Waals surface area contributed by atoms with Gasteiger partial charge in [-0.25, -0.2) is 9.67 Å². The third-order valence-corrected chi connectivity index (χ3v) is 4.22. The first-order valence-electron chi connectivity index (χ1n) is 7.82. The molecule has 1 aliphatic carbocycles. The fourth-order valence-corrected chi connectivity index (χ4v) is 3.00. The third-order valence-electron chi connectivity index (χ3n) is 4.22. The van der Waals surface area contributed by atoms with Gasteiger partial charge in [0.1, 0.15) is 12.4 Å². The monoisotopic (exact) mass is 307 g/mol. The molecule has 6 nitrogen and oxygen atoms in total. The van der Waals surface area contributed by atoms with E-state index in [0.29, 0.717) is 29.2 Å². The van der Waals surface area contributed by atoms with E-state index < -0.39 is 0 Å². The molecule has 0 fully saturated rings. The summed E-state index contributed by atoms with van der Waals surface area (Å²) >= 11 is 0. The van der Waals surface area contributed by atoms with E-state index in [0.717, 1.165) is 25.0 Å². The van der Waals surface area contributed by atoms with Crippen molar-refractivity contribution in [1.82, 2.24) is 25.0 Å². The van der Waals surface area contributed by atoms with E-state index in [-0.39, 0.29) is 5.56 Å². The summed E-state index contributed by atoms with van der Waals surface area (Å²) in [5.74, 6) is 1.03. The number of nitrogens with one attached hydrogen (secondary N) is 1. The molecule has 1 N–H and O–H groups in total. The number of aromatic amines is 1. The molecule has 3 aromatic rings. The van der Waals surface area contributed by atoms with E-state index in [1.807, 2.05) is 24.4 Å². The number of H-pyrrole nitrogens is 1. The van der Waals surface area contributed by atoms with Crippen LogP contribution in [0, 0.1) is 0 Å². The van der Waals surface area contributed by atoms with E-state index in [1.54, 1.807) is 10.7 Å². The lowest BCUT2D eigenvalue weighted by Gasteiger charge is -2.13. The van der Waals surface area contributed by atoms with Crippen LogP contribution >= 0.6 is 0 Å². The number of nitrogens with zero attached hydrogens (tertiary/aromatic N) is 4. The number of aromatic nitrogens is 5. The van der Waals surface area contributed by atoms with Gasteiger partial charge >= 0.3 is 0 Å². The average molecular weight is 307 g/mol. The molecule has 6 heteroatoms. The zero-order valence-electron chi connectivity index (χ0n) is 12.6. The molecule has 23 heavy (non-hydrogen) atoms. The van der Waals surface area contributed by atoms with Gasteiger partial charge in [-0.2, -0.15) is 0 Å². The molecule has 0 saturated carbocycles. The Morgan fingerprint density at radius 3 is 3.04 bits per heavy atom. The fraction of sp³-hybridized carbons (Fsp3) is 0.294. The molecule has 1 atom stereocenters. The van der Waals surface area contributed by atoms with Crippen molar-refractivity contribution in [1.29, 1.82) is 0 Å². The minimum Gasteiger partial charge on any atom is -0.308 e. The Morgan fingerprint density at radius 2 is 2.17 bits per heavy atom. The van der Waals surface area contributed by atoms with Crippen LogP contribution in [0.5, 0.6) is 0 Å². The van der Waals surface area contributed by atoms with Crippen molar-refractivity contribution < 1.29 is 0 Å². The zero-order valence-corrected chi connectivity index (χ0v) is 12.6. The minimum absolute atomic E-state index is 0.122. The number of hydrogen-bond donors (Lipinski definition) is 1. The molecule has 2 heterocycles. The molecule has 0 radical (unpaired) electrons. The zero-order chi connectivity index (χ0) is 15.6. The lowest BCUT2D eigenvalue weighted by atomic mass is 9.92. The second-order valence-corrected chi connectivity index (χ2v) is 5.85. The first kappa shape index (κ1) is 13.9. The standard InChI is InChI=1S/C17H17N5O/c23-17-13-8-4-5-9-14(13)18-16(19-17)11-22-10-15(20-21-22)12-6-2-1-3-7-12/h1-2,4-5,8-10,12H,3,6-7,11H2,(H,18,19,23)/t12-/m0/s1. The number of allylic oxidation sites excluding steroid dienone is 2. The molecular weight excluding hydrogens is 290 g/mol. The summed E-state index contributed by atoms with van der Waals surface area (Å²) in [6.07, 6.45) is 9.60. The Balaban J connectivity index is 1.60. The van der Waals surface area contributed by atoms with Crippen LogP contribution in [0.4, 0.5) is 0 Å². The van der Waals surface area contributed by atoms with Gasteiger partial charge in [0.2, 0.25) is 0 Å². The summed E-state index contributed by atoms with van der Waals surface area (Å²) in [6, 6.07) is 7.33. The van der Waals surface area contributed by atoms with Gasteiger partial charge < -0.3 is 4.98 Å². The van der Waals surface area contributed by atoms with Gasteiger partial charge in [-0.3, -0.25) is 4.79 Å². The van der Waals surface area contributed by atoms with E-state index >= 15 is 0 Å². The Morgan fingerprint density at radius 1 is 1.26 bits per heavy atom. The number of para-hydroxylation sites is 1. The van der Waals surface area contributed by atoms with Crippen LogP contribution in [0.15, 0.2) is 47.4 Å². The SMILES string of the molecule is O=c1[nH]c(Cn2cc([C@H]3CC=CCC3)nn2)nc2ccccc12. The molecule has 0 aliphatic heterocycles. The van der Waals surface area contributed by atoms with Gasteiger partial charge in [-0.15, -0.1) is 5.10 Å². The van der Waals surface area contributed by atoms with Crippen LogP contribution in [-0.4, -0.2) is 25.0 Å². The second-order valence-electron chi connectivity index (χ2n) is 5.85. The Kier molecular flexibility index (Phi) is 3.49. The third kappa shape index (κ3) is 2.79. The predicted molar refractivity (Wildman–Crippen MR) is 87.2 cm³/mol. The summed E-state index contributed by atoms with van der Waals surface area (Å²) in [4.78, 5) is 19.4. The molecule has 0 saturated heterocycles. The molecule has 0 spiro atoms. The smallest absolute Gasteiger partial charge is 0.258 e. The van der Waals surface area contributed by atoms with Crippen LogP contribution < -0.4 is 5.56 Å². The molecule has 1 aromatic carbocycles. The van der Waals surface area contributed by atoms with E-state index in [9.17, 15) is 4.79 Å². The van der Waals surface area contributed by atoms with Gasteiger partial charge in [0, 0.05) is 12.1 Å². The summed E-state index contributed by atoms with van der Waals surface area (Å²) in [5.41, 5.74) is 1.59. The second kappa shape index (κ2) is 5.79. The van der Waals surface area contributed by atoms with Crippen molar-refractivity contribution in [2.75, 3.05) is 0 Å². The number of rotatable bonds is 3. The lowest BCUT2D eigenvalue weighted by Crippen LogP contribution is -2.14. The normalized spacial score (nSPS) is 17.7. The van der Waals surface area contributed by atoms with E-state index in [1.165, 1.54) is 0 Å². The van der Waals surface area contributed by atoms with Crippen LogP contribution in [0.3, 0.4) is 0 Å². The quantitative estimate of drug-likeness (QED) is 0.754. The summed E-state index contributed by atoms with van der Waals surface area (Å²) < 4.78 is 1.74. The van der Waals surface area contributed by atoms with Gasteiger partial charge in [0.25, 0.3) is 5.56 Å². The lowest BCUT2D eigenvalue weighted by molar-refractivity contribution is 0.597. The first-order chi connectivity index (χ1) is 11.3. The molecule has 0 unspecified atom stereocenters. The van der Waals surface area contributed by atoms with Crippen molar-refractivity contribution in [2.45, 2.75) is 31.7 Å². The van der Waals surface area contributed by atoms with E-state index in [4.69, 9.17) is 0 Å². The maximum Gasteiger partial charge on any atom is 0.258 e. The molecule has 2 aromatic heterocycles. The first-order valence-corrected chi connectivity index (χ1v) is 7.82. The number of hydrogen-bond acceptors (Lipinski definition) is 4. The summed E-state index contributed by atoms with van der Waals surface area (Å²) in [5, 5.41) is 9.06. The molecule has 0 bridgehead atoms. The minimum atomic E-state index is -0.122. The largest absolute Gasteiger partial charge is 0.308 e. The summed E-state index contributed by atoms with van der Waals surface area (Å²) in [6.45, 7) is 0.412. The van der Waals surface area contributed by atoms with Crippen molar-refractivity contribution in [3.8, 4) is 0 Å². The topological polar surface area (TPSA) is 76.5 Å². The van der Waals surface area contributed by atoms with Crippen LogP contribution in [0.2, 0.25) is 0 Å². The average Bonchev–Trinajstić information content (AvgIpc) is 3.04. The number of fused-ring (bicyclic) bond motifs is 1. The Labute approximate surface area is 132 Å². The number of benzene rings is 1. The maximum absolute atomic E-state index is 12.1. The van der Waals surface area contributed by atoms with Crippen LogP contribution in [-0.2, 0) is 6.54 Å². The highest BCUT2D eigenvalue weighted by Crippen LogP contribution is 2.27. The van der Waals surface area contributed by atoms with E-state index in [2.05, 4.69) is 32.4 Å². The van der Waals surface area contributed by atoms with Crippen molar-refractivity contribution >= 4 is 10.9 Å². The van der Waals surface area contributed by atoms with Gasteiger partial charge in [-0.1, -0.05) is 29.5 Å². The van der Waals surface area contributed by atoms with Gasteiger partial charge in [-0.05, 0) is 31.4 Å². The highest BCUT2D eigenvalue weighted by molar-refractivity contribution is 5.77. The maximum atomic E-state index is 12.1. The van der Waals surface area contributed by atoms with Gasteiger partial charge in [0.15, 0.2) is 0 Å². The predicted octanol–water partition coefficient (Wildman–Crippen LogP) is 2.39. The molecular formula is C17H17N5O. The van der Waals surface area contributed by atoms with Crippen molar-refractivity contribution in [3.05, 3.63) is 64.5 Å². The highest BCUT2D eigenvalue weighted by atomic mass is 16.1. The van der Waals surface area contributed by atoms with Crippen LogP contribution in [0.1, 0.15) is 36.7 Å². The molecule has 4 rings (SSSR count). The fourth-order valence-electron chi connectivity index (χ4n) is 3.00. The Bertz CT molecular complexity index is 924. The molecule has 1 aliphatic rings. The van der Waals surface area contributed by atoms with Crippen LogP contribution in [0.25, 0.3) is 10.9 Å². The van der Waals surface area contributed by atoms with Crippen molar-refractivity contribution in [3.63, 3.8) is 0 Å².